The maximum atomic E-state index is 13.5. The SMILES string of the molecule is COc1ccc(C(C)NC(=O)CN(c2cc(C)ccc2C)S(=O)(=O)c2ccccc2)cc1. The van der Waals surface area contributed by atoms with Crippen molar-refractivity contribution in [2.45, 2.75) is 31.7 Å². The largest absolute Gasteiger partial charge is 0.497 e. The highest BCUT2D eigenvalue weighted by Gasteiger charge is 2.28. The summed E-state index contributed by atoms with van der Waals surface area (Å²) in [6.45, 7) is 5.25. The standard InChI is InChI=1S/C25H28N2O4S/c1-18-10-11-19(2)24(16-18)27(32(29,30)23-8-6-5-7-9-23)17-25(28)26-20(3)21-12-14-22(31-4)15-13-21/h5-16,20H,17H2,1-4H3,(H,26,28). The van der Waals surface area contributed by atoms with Crippen LogP contribution in [0, 0.1) is 13.8 Å². The van der Waals surface area contributed by atoms with E-state index in [0.29, 0.717) is 5.69 Å². The van der Waals surface area contributed by atoms with Gasteiger partial charge in [-0.1, -0.05) is 42.5 Å². The third kappa shape index (κ3) is 5.29. The van der Waals surface area contributed by atoms with Crippen molar-refractivity contribution >= 4 is 21.6 Å². The molecule has 0 bridgehead atoms. The van der Waals surface area contributed by atoms with Gasteiger partial charge in [0.05, 0.1) is 23.7 Å². The second-order valence-electron chi connectivity index (χ2n) is 7.68. The van der Waals surface area contributed by atoms with E-state index in [9.17, 15) is 13.2 Å². The molecule has 0 spiro atoms. The van der Waals surface area contributed by atoms with Gasteiger partial charge in [0.2, 0.25) is 5.91 Å². The Morgan fingerprint density at radius 2 is 1.66 bits per heavy atom. The van der Waals surface area contributed by atoms with Gasteiger partial charge >= 0.3 is 0 Å². The molecule has 0 aliphatic carbocycles. The Balaban J connectivity index is 1.90. The number of sulfonamides is 1. The molecule has 0 saturated carbocycles. The quantitative estimate of drug-likeness (QED) is 0.550. The number of nitrogens with one attached hydrogen (secondary N) is 1. The van der Waals surface area contributed by atoms with Crippen molar-refractivity contribution in [3.05, 3.63) is 89.5 Å². The summed E-state index contributed by atoms with van der Waals surface area (Å²) in [6.07, 6.45) is 0. The number of hydrogen-bond donors (Lipinski definition) is 1. The van der Waals surface area contributed by atoms with Gasteiger partial charge in [0.15, 0.2) is 0 Å². The summed E-state index contributed by atoms with van der Waals surface area (Å²) in [5.74, 6) is 0.330. The van der Waals surface area contributed by atoms with Crippen LogP contribution in [0.2, 0.25) is 0 Å². The first-order valence-electron chi connectivity index (χ1n) is 10.3. The molecule has 0 fully saturated rings. The van der Waals surface area contributed by atoms with Gasteiger partial charge in [-0.2, -0.15) is 0 Å². The summed E-state index contributed by atoms with van der Waals surface area (Å²) < 4.78 is 33.3. The Morgan fingerprint density at radius 1 is 1.00 bits per heavy atom. The van der Waals surface area contributed by atoms with Crippen molar-refractivity contribution in [1.29, 1.82) is 0 Å². The number of ether oxygens (including phenoxy) is 1. The zero-order chi connectivity index (χ0) is 23.3. The van der Waals surface area contributed by atoms with E-state index in [-0.39, 0.29) is 17.5 Å². The number of carbonyl (C=O) groups excluding carboxylic acids is 1. The van der Waals surface area contributed by atoms with Crippen molar-refractivity contribution in [1.82, 2.24) is 5.32 Å². The highest BCUT2D eigenvalue weighted by molar-refractivity contribution is 7.92. The second kappa shape index (κ2) is 9.87. The summed E-state index contributed by atoms with van der Waals surface area (Å²) in [5.41, 5.74) is 3.06. The van der Waals surface area contributed by atoms with Crippen LogP contribution in [0.15, 0.2) is 77.7 Å². The van der Waals surface area contributed by atoms with Crippen LogP contribution in [0.5, 0.6) is 5.75 Å². The Hall–Kier alpha value is -3.32. The summed E-state index contributed by atoms with van der Waals surface area (Å²) >= 11 is 0. The average molecular weight is 453 g/mol. The van der Waals surface area contributed by atoms with Crippen LogP contribution in [-0.2, 0) is 14.8 Å². The molecule has 0 radical (unpaired) electrons. The minimum Gasteiger partial charge on any atom is -0.497 e. The fourth-order valence-corrected chi connectivity index (χ4v) is 4.90. The molecule has 7 heteroatoms. The number of anilines is 1. The van der Waals surface area contributed by atoms with Crippen molar-refractivity contribution in [3.63, 3.8) is 0 Å². The molecule has 3 rings (SSSR count). The molecule has 1 atom stereocenters. The summed E-state index contributed by atoms with van der Waals surface area (Å²) in [6, 6.07) is 20.8. The van der Waals surface area contributed by atoms with Crippen molar-refractivity contribution in [2.75, 3.05) is 18.0 Å². The van der Waals surface area contributed by atoms with E-state index in [1.54, 1.807) is 31.4 Å². The monoisotopic (exact) mass is 452 g/mol. The molecule has 1 amide bonds. The first kappa shape index (κ1) is 23.3. The Labute approximate surface area is 189 Å². The number of carbonyl (C=O) groups is 1. The molecule has 168 valence electrons. The van der Waals surface area contributed by atoms with E-state index in [1.165, 1.54) is 16.4 Å². The average Bonchev–Trinajstić information content (AvgIpc) is 2.79. The van der Waals surface area contributed by atoms with Gasteiger partial charge in [-0.05, 0) is 67.8 Å². The van der Waals surface area contributed by atoms with Crippen LogP contribution in [0.3, 0.4) is 0 Å². The molecule has 1 N–H and O–H groups in total. The van der Waals surface area contributed by atoms with E-state index >= 15 is 0 Å². The topological polar surface area (TPSA) is 75.7 Å². The normalized spacial score (nSPS) is 12.1. The van der Waals surface area contributed by atoms with E-state index in [1.807, 2.05) is 57.2 Å². The Morgan fingerprint density at radius 3 is 2.28 bits per heavy atom. The van der Waals surface area contributed by atoms with E-state index < -0.39 is 15.9 Å². The predicted molar refractivity (Wildman–Crippen MR) is 126 cm³/mol. The minimum atomic E-state index is -3.94. The highest BCUT2D eigenvalue weighted by Crippen LogP contribution is 2.28. The molecule has 0 aliphatic heterocycles. The van der Waals surface area contributed by atoms with E-state index in [0.717, 1.165) is 22.4 Å². The van der Waals surface area contributed by atoms with Crippen molar-refractivity contribution < 1.29 is 17.9 Å². The number of hydrogen-bond acceptors (Lipinski definition) is 4. The first-order valence-corrected chi connectivity index (χ1v) is 11.7. The molecule has 0 saturated heterocycles. The number of methoxy groups -OCH3 is 1. The third-order valence-electron chi connectivity index (χ3n) is 5.25. The smallest absolute Gasteiger partial charge is 0.264 e. The lowest BCUT2D eigenvalue weighted by atomic mass is 10.1. The molecule has 0 aliphatic rings. The van der Waals surface area contributed by atoms with E-state index in [4.69, 9.17) is 4.74 Å². The highest BCUT2D eigenvalue weighted by atomic mass is 32.2. The Bertz CT molecular complexity index is 1180. The lowest BCUT2D eigenvalue weighted by Crippen LogP contribution is -2.42. The number of benzene rings is 3. The fourth-order valence-electron chi connectivity index (χ4n) is 3.40. The van der Waals surface area contributed by atoms with Crippen molar-refractivity contribution in [3.8, 4) is 5.75 Å². The predicted octanol–water partition coefficient (Wildman–Crippen LogP) is 4.38. The molecule has 1 unspecified atom stereocenters. The molecule has 32 heavy (non-hydrogen) atoms. The molecular weight excluding hydrogens is 424 g/mol. The third-order valence-corrected chi connectivity index (χ3v) is 7.02. The van der Waals surface area contributed by atoms with Crippen LogP contribution < -0.4 is 14.4 Å². The zero-order valence-corrected chi connectivity index (χ0v) is 19.5. The van der Waals surface area contributed by atoms with Crippen LogP contribution in [0.25, 0.3) is 0 Å². The number of nitrogens with zero attached hydrogens (tertiary/aromatic N) is 1. The van der Waals surface area contributed by atoms with Gasteiger partial charge < -0.3 is 10.1 Å². The maximum Gasteiger partial charge on any atom is 0.264 e. The van der Waals surface area contributed by atoms with Crippen LogP contribution >= 0.6 is 0 Å². The van der Waals surface area contributed by atoms with Gasteiger partial charge in [-0.25, -0.2) is 8.42 Å². The number of amides is 1. The van der Waals surface area contributed by atoms with Crippen LogP contribution in [0.1, 0.15) is 29.7 Å². The first-order chi connectivity index (χ1) is 15.2. The fraction of sp³-hybridized carbons (Fsp3) is 0.240. The minimum absolute atomic E-state index is 0.136. The lowest BCUT2D eigenvalue weighted by molar-refractivity contribution is -0.120. The number of rotatable bonds is 8. The maximum absolute atomic E-state index is 13.5. The lowest BCUT2D eigenvalue weighted by Gasteiger charge is -2.27. The second-order valence-corrected chi connectivity index (χ2v) is 9.54. The summed E-state index contributed by atoms with van der Waals surface area (Å²) in [4.78, 5) is 13.1. The molecule has 3 aromatic rings. The molecule has 3 aromatic carbocycles. The van der Waals surface area contributed by atoms with Gasteiger partial charge in [0, 0.05) is 0 Å². The van der Waals surface area contributed by atoms with E-state index in [2.05, 4.69) is 5.32 Å². The molecule has 6 nitrogen and oxygen atoms in total. The van der Waals surface area contributed by atoms with Gasteiger partial charge in [-0.15, -0.1) is 0 Å². The Kier molecular flexibility index (Phi) is 7.20. The van der Waals surface area contributed by atoms with Crippen LogP contribution in [0.4, 0.5) is 5.69 Å². The van der Waals surface area contributed by atoms with Gasteiger partial charge in [0.1, 0.15) is 12.3 Å². The van der Waals surface area contributed by atoms with Crippen LogP contribution in [-0.4, -0.2) is 28.0 Å². The number of aryl methyl sites for hydroxylation is 2. The summed E-state index contributed by atoms with van der Waals surface area (Å²) in [5, 5.41) is 2.91. The van der Waals surface area contributed by atoms with Gasteiger partial charge in [0.25, 0.3) is 10.0 Å². The van der Waals surface area contributed by atoms with Gasteiger partial charge in [-0.3, -0.25) is 9.10 Å². The zero-order valence-electron chi connectivity index (χ0n) is 18.7. The molecule has 0 heterocycles. The molecular formula is C25H28N2O4S. The summed E-state index contributed by atoms with van der Waals surface area (Å²) in [7, 11) is -2.35. The molecule has 0 aromatic heterocycles. The van der Waals surface area contributed by atoms with Crippen molar-refractivity contribution in [2.24, 2.45) is 0 Å².